The summed E-state index contributed by atoms with van der Waals surface area (Å²) in [7, 11) is 0. The maximum atomic E-state index is 12.3. The van der Waals surface area contributed by atoms with Gasteiger partial charge in [-0.3, -0.25) is 5.32 Å². The van der Waals surface area contributed by atoms with E-state index in [1.807, 2.05) is 20.8 Å². The lowest BCUT2D eigenvalue weighted by atomic mass is 10.2. The van der Waals surface area contributed by atoms with Crippen molar-refractivity contribution >= 4 is 29.6 Å². The first kappa shape index (κ1) is 23.8. The molecule has 1 N–H and O–H groups in total. The lowest BCUT2D eigenvalue weighted by Crippen LogP contribution is -2.47. The third kappa shape index (κ3) is 7.73. The topological polar surface area (TPSA) is 90.0 Å². The van der Waals surface area contributed by atoms with E-state index < -0.39 is 29.5 Å². The zero-order valence-corrected chi connectivity index (χ0v) is 18.9. The number of hydrogen-bond acceptors (Lipinski definition) is 6. The predicted octanol–water partition coefficient (Wildman–Crippen LogP) is 4.07. The average Bonchev–Trinajstić information content (AvgIpc) is 2.58. The molecule has 1 fully saturated rings. The fraction of sp³-hybridized carbons (Fsp3) is 0.571. The number of ether oxygens (including phenoxy) is 3. The summed E-state index contributed by atoms with van der Waals surface area (Å²) in [5, 5.41) is 2.89. The van der Waals surface area contributed by atoms with Crippen molar-refractivity contribution in [2.75, 3.05) is 25.0 Å². The van der Waals surface area contributed by atoms with Crippen LogP contribution in [0.25, 0.3) is 0 Å². The summed E-state index contributed by atoms with van der Waals surface area (Å²) in [5.41, 5.74) is -0.902. The molecule has 1 atom stereocenters. The van der Waals surface area contributed by atoms with Gasteiger partial charge in [-0.15, -0.1) is 0 Å². The van der Waals surface area contributed by atoms with Gasteiger partial charge in [0.2, 0.25) is 0 Å². The Morgan fingerprint density at radius 1 is 1.23 bits per heavy atom. The van der Waals surface area contributed by atoms with Crippen LogP contribution in [0.4, 0.5) is 15.4 Å². The quantitative estimate of drug-likeness (QED) is 0.666. The number of pyridine rings is 1. The molecule has 1 saturated heterocycles. The third-order valence-corrected chi connectivity index (χ3v) is 3.91. The molecule has 1 aliphatic rings. The van der Waals surface area contributed by atoms with E-state index in [1.165, 1.54) is 6.20 Å². The summed E-state index contributed by atoms with van der Waals surface area (Å²) in [4.78, 5) is 30.1. The molecule has 1 aromatic rings. The van der Waals surface area contributed by atoms with Gasteiger partial charge in [0.15, 0.2) is 5.82 Å². The summed E-state index contributed by atoms with van der Waals surface area (Å²) in [5.74, 6) is 6.04. The molecule has 1 unspecified atom stereocenters. The molecule has 2 amide bonds. The zero-order valence-electron chi connectivity index (χ0n) is 18.2. The Morgan fingerprint density at radius 2 is 1.90 bits per heavy atom. The van der Waals surface area contributed by atoms with E-state index in [0.717, 1.165) is 0 Å². The molecule has 2 rings (SSSR count). The molecule has 8 nitrogen and oxygen atoms in total. The number of aromatic nitrogens is 1. The van der Waals surface area contributed by atoms with Crippen LogP contribution in [0.2, 0.25) is 5.02 Å². The van der Waals surface area contributed by atoms with Gasteiger partial charge < -0.3 is 19.1 Å². The molecule has 0 radical (unpaired) electrons. The number of rotatable bonds is 1. The van der Waals surface area contributed by atoms with E-state index in [1.54, 1.807) is 31.7 Å². The number of morpholine rings is 1. The minimum absolute atomic E-state index is 0.184. The highest BCUT2D eigenvalue weighted by Crippen LogP contribution is 2.22. The van der Waals surface area contributed by atoms with Gasteiger partial charge in [0.25, 0.3) is 0 Å². The van der Waals surface area contributed by atoms with Crippen LogP contribution in [0.1, 0.15) is 47.1 Å². The van der Waals surface area contributed by atoms with Gasteiger partial charge >= 0.3 is 12.2 Å². The standard InChI is InChI=1S/C21H28ClN3O5/c1-20(2,3)29-18(26)24-17-15(16(22)9-10-23-17)8-7-14-13-25(11-12-28-14)19(27)30-21(4,5)6/h9-10,14H,11-13H2,1-6H3,(H,23,24,26). The lowest BCUT2D eigenvalue weighted by molar-refractivity contribution is -0.0236. The van der Waals surface area contributed by atoms with Gasteiger partial charge in [-0.25, -0.2) is 14.6 Å². The second-order valence-electron chi connectivity index (χ2n) is 8.70. The first-order valence-electron chi connectivity index (χ1n) is 9.59. The molecule has 0 spiro atoms. The van der Waals surface area contributed by atoms with Crippen molar-refractivity contribution in [3.63, 3.8) is 0 Å². The summed E-state index contributed by atoms with van der Waals surface area (Å²) >= 11 is 6.26. The van der Waals surface area contributed by atoms with Crippen molar-refractivity contribution in [2.45, 2.75) is 58.8 Å². The monoisotopic (exact) mass is 437 g/mol. The van der Waals surface area contributed by atoms with E-state index in [2.05, 4.69) is 22.1 Å². The maximum Gasteiger partial charge on any atom is 0.413 e. The van der Waals surface area contributed by atoms with Crippen LogP contribution in [-0.4, -0.2) is 59.1 Å². The van der Waals surface area contributed by atoms with E-state index in [4.69, 9.17) is 25.8 Å². The van der Waals surface area contributed by atoms with Crippen molar-refractivity contribution in [1.29, 1.82) is 0 Å². The number of nitrogens with one attached hydrogen (secondary N) is 1. The number of hydrogen-bond donors (Lipinski definition) is 1. The summed E-state index contributed by atoms with van der Waals surface area (Å²) in [6.07, 6.45) is -0.145. The maximum absolute atomic E-state index is 12.3. The Morgan fingerprint density at radius 3 is 2.53 bits per heavy atom. The van der Waals surface area contributed by atoms with Crippen LogP contribution >= 0.6 is 11.6 Å². The van der Waals surface area contributed by atoms with Crippen molar-refractivity contribution in [3.8, 4) is 11.8 Å². The Labute approximate surface area is 182 Å². The van der Waals surface area contributed by atoms with Crippen LogP contribution in [-0.2, 0) is 14.2 Å². The van der Waals surface area contributed by atoms with Crippen LogP contribution in [0, 0.1) is 11.8 Å². The Balaban J connectivity index is 2.13. The number of carbonyl (C=O) groups excluding carboxylic acids is 2. The Bertz CT molecular complexity index is 849. The number of nitrogens with zero attached hydrogens (tertiary/aromatic N) is 2. The Kier molecular flexibility index (Phi) is 7.56. The third-order valence-electron chi connectivity index (χ3n) is 3.60. The van der Waals surface area contributed by atoms with Crippen molar-refractivity contribution in [3.05, 3.63) is 22.8 Å². The molecule has 2 heterocycles. The van der Waals surface area contributed by atoms with E-state index >= 15 is 0 Å². The molecule has 0 bridgehead atoms. The average molecular weight is 438 g/mol. The van der Waals surface area contributed by atoms with E-state index in [9.17, 15) is 9.59 Å². The SMILES string of the molecule is CC(C)(C)OC(=O)Nc1nccc(Cl)c1C#CC1CN(C(=O)OC(C)(C)C)CCO1. The number of amides is 2. The second kappa shape index (κ2) is 9.54. The molecule has 1 aliphatic heterocycles. The predicted molar refractivity (Wildman–Crippen MR) is 114 cm³/mol. The minimum Gasteiger partial charge on any atom is -0.444 e. The van der Waals surface area contributed by atoms with Crippen molar-refractivity contribution in [2.24, 2.45) is 0 Å². The first-order valence-corrected chi connectivity index (χ1v) is 9.97. The number of anilines is 1. The van der Waals surface area contributed by atoms with Crippen molar-refractivity contribution < 1.29 is 23.8 Å². The van der Waals surface area contributed by atoms with Gasteiger partial charge in [-0.1, -0.05) is 23.4 Å². The highest BCUT2D eigenvalue weighted by Gasteiger charge is 2.27. The number of carbonyl (C=O) groups is 2. The van der Waals surface area contributed by atoms with Crippen molar-refractivity contribution in [1.82, 2.24) is 9.88 Å². The molecule has 0 saturated carbocycles. The second-order valence-corrected chi connectivity index (χ2v) is 9.11. The van der Waals surface area contributed by atoms with Crippen LogP contribution in [0.3, 0.4) is 0 Å². The van der Waals surface area contributed by atoms with Gasteiger partial charge in [-0.05, 0) is 47.6 Å². The van der Waals surface area contributed by atoms with E-state index in [0.29, 0.717) is 23.7 Å². The van der Waals surface area contributed by atoms with E-state index in [-0.39, 0.29) is 12.4 Å². The smallest absolute Gasteiger partial charge is 0.413 e. The molecule has 30 heavy (non-hydrogen) atoms. The fourth-order valence-corrected chi connectivity index (χ4v) is 2.63. The largest absolute Gasteiger partial charge is 0.444 e. The lowest BCUT2D eigenvalue weighted by Gasteiger charge is -2.32. The molecule has 0 aliphatic carbocycles. The van der Waals surface area contributed by atoms with Crippen LogP contribution in [0.5, 0.6) is 0 Å². The van der Waals surface area contributed by atoms with Crippen LogP contribution in [0.15, 0.2) is 12.3 Å². The number of halogens is 1. The van der Waals surface area contributed by atoms with Gasteiger partial charge in [-0.2, -0.15) is 0 Å². The van der Waals surface area contributed by atoms with Crippen LogP contribution < -0.4 is 5.32 Å². The molecular formula is C21H28ClN3O5. The highest BCUT2D eigenvalue weighted by atomic mass is 35.5. The summed E-state index contributed by atoms with van der Waals surface area (Å²) < 4.78 is 16.3. The Hall–Kier alpha value is -2.50. The van der Waals surface area contributed by atoms with Gasteiger partial charge in [0.05, 0.1) is 23.7 Å². The van der Waals surface area contributed by atoms with Gasteiger partial charge in [0.1, 0.15) is 17.3 Å². The molecule has 0 aromatic carbocycles. The molecule has 9 heteroatoms. The molecular weight excluding hydrogens is 410 g/mol. The minimum atomic E-state index is -0.662. The first-order chi connectivity index (χ1) is 13.8. The molecule has 1 aromatic heterocycles. The fourth-order valence-electron chi connectivity index (χ4n) is 2.43. The summed E-state index contributed by atoms with van der Waals surface area (Å²) in [6.45, 7) is 11.7. The van der Waals surface area contributed by atoms with Gasteiger partial charge in [0, 0.05) is 12.7 Å². The molecule has 164 valence electrons. The zero-order chi connectivity index (χ0) is 22.5. The normalized spacial score (nSPS) is 16.9. The summed E-state index contributed by atoms with van der Waals surface area (Å²) in [6, 6.07) is 1.57. The highest BCUT2D eigenvalue weighted by molar-refractivity contribution is 6.32.